The van der Waals surface area contributed by atoms with Crippen molar-refractivity contribution in [2.24, 2.45) is 0 Å². The molecule has 1 radical (unpaired) electrons. The van der Waals surface area contributed by atoms with Crippen LogP contribution in [0.15, 0.2) is 46.0 Å². The van der Waals surface area contributed by atoms with E-state index in [-0.39, 0.29) is 0 Å². The van der Waals surface area contributed by atoms with Crippen LogP contribution in [0.2, 0.25) is 0 Å². The second-order valence-corrected chi connectivity index (χ2v) is 2.25. The zero-order chi connectivity index (χ0) is 8.93. The Bertz CT molecular complexity index is 293. The molecule has 0 aliphatic carbocycles. The summed E-state index contributed by atoms with van der Waals surface area (Å²) in [6, 6.07) is 3.35. The zero-order valence-electron chi connectivity index (χ0n) is 6.67. The lowest BCUT2D eigenvalue weighted by Gasteiger charge is -1.99. The summed E-state index contributed by atoms with van der Waals surface area (Å²) in [5.74, 6) is 1.17. The average molecular weight is 177 g/mol. The van der Waals surface area contributed by atoms with E-state index in [1.165, 1.54) is 32.7 Å². The van der Waals surface area contributed by atoms with Gasteiger partial charge < -0.3 is 18.1 Å². The maximum absolute atomic E-state index is 5.04. The molecule has 0 saturated heterocycles. The van der Waals surface area contributed by atoms with Crippen LogP contribution in [0.1, 0.15) is 0 Å². The topological polar surface area (TPSA) is 44.7 Å². The van der Waals surface area contributed by atoms with Crippen LogP contribution in [-0.2, 0) is 0 Å². The molecule has 0 atom stereocenters. The van der Waals surface area contributed by atoms with E-state index in [4.69, 9.17) is 18.1 Å². The first-order valence-corrected chi connectivity index (χ1v) is 3.64. The summed E-state index contributed by atoms with van der Waals surface area (Å²) < 4.78 is 19.6. The molecule has 0 saturated carbocycles. The van der Waals surface area contributed by atoms with E-state index in [0.29, 0.717) is 11.5 Å². The van der Waals surface area contributed by atoms with Crippen LogP contribution in [-0.4, -0.2) is 7.69 Å². The molecule has 0 amide bonds. The maximum Gasteiger partial charge on any atom is 0.658 e. The van der Waals surface area contributed by atoms with Gasteiger partial charge in [0.1, 0.15) is 24.0 Å². The number of rotatable bonds is 4. The molecule has 13 heavy (non-hydrogen) atoms. The lowest BCUT2D eigenvalue weighted by molar-refractivity contribution is 0.445. The molecular formula is C8H6BO4. The molecule has 0 unspecified atom stereocenters. The van der Waals surface area contributed by atoms with Gasteiger partial charge in [-0.1, -0.05) is 0 Å². The molecular weight excluding hydrogens is 171 g/mol. The molecule has 0 fully saturated rings. The van der Waals surface area contributed by atoms with Crippen LogP contribution < -0.4 is 9.31 Å². The first kappa shape index (κ1) is 7.85. The fourth-order valence-electron chi connectivity index (χ4n) is 0.773. The van der Waals surface area contributed by atoms with Crippen molar-refractivity contribution in [3.63, 3.8) is 0 Å². The van der Waals surface area contributed by atoms with Crippen molar-refractivity contribution < 1.29 is 18.1 Å². The van der Waals surface area contributed by atoms with Gasteiger partial charge in [0.05, 0.1) is 12.5 Å². The molecule has 2 aromatic heterocycles. The molecule has 65 valence electrons. The van der Waals surface area contributed by atoms with E-state index in [0.717, 1.165) is 0 Å². The van der Waals surface area contributed by atoms with E-state index in [1.54, 1.807) is 12.1 Å². The quantitative estimate of drug-likeness (QED) is 0.668. The summed E-state index contributed by atoms with van der Waals surface area (Å²) in [6.45, 7) is 0. The number of hydrogen-bond donors (Lipinski definition) is 0. The van der Waals surface area contributed by atoms with Crippen LogP contribution in [0.5, 0.6) is 11.5 Å². The number of hydrogen-bond acceptors (Lipinski definition) is 4. The van der Waals surface area contributed by atoms with Crippen LogP contribution in [0.4, 0.5) is 0 Å². The van der Waals surface area contributed by atoms with Gasteiger partial charge in [0, 0.05) is 12.1 Å². The Hall–Kier alpha value is -1.78. The Balaban J connectivity index is 1.76. The van der Waals surface area contributed by atoms with Crippen LogP contribution >= 0.6 is 0 Å². The van der Waals surface area contributed by atoms with Gasteiger partial charge in [0.25, 0.3) is 0 Å². The number of furan rings is 2. The van der Waals surface area contributed by atoms with E-state index < -0.39 is 0 Å². The molecule has 2 aromatic rings. The van der Waals surface area contributed by atoms with Crippen LogP contribution in [0.25, 0.3) is 0 Å². The standard InChI is InChI=1S/C8H6BO4/c1-3-10-5-7(1)12-9-13-8-2-4-11-6-8/h1-6H. The van der Waals surface area contributed by atoms with Crippen molar-refractivity contribution in [2.75, 3.05) is 0 Å². The smallest absolute Gasteiger partial charge is 0.524 e. The fourth-order valence-corrected chi connectivity index (χ4v) is 0.773. The normalized spacial score (nSPS) is 9.54. The lowest BCUT2D eigenvalue weighted by atomic mass is 10.3. The van der Waals surface area contributed by atoms with Crippen molar-refractivity contribution in [3.8, 4) is 11.5 Å². The second kappa shape index (κ2) is 3.75. The summed E-state index contributed by atoms with van der Waals surface area (Å²) >= 11 is 0. The highest BCUT2D eigenvalue weighted by Gasteiger charge is 2.02. The summed E-state index contributed by atoms with van der Waals surface area (Å²) in [5, 5.41) is 0. The first-order valence-electron chi connectivity index (χ1n) is 3.64. The SMILES string of the molecule is [B](Oc1ccoc1)Oc1ccoc1. The Kier molecular flexibility index (Phi) is 2.27. The van der Waals surface area contributed by atoms with Gasteiger partial charge in [-0.2, -0.15) is 0 Å². The Morgan fingerprint density at radius 1 is 0.923 bits per heavy atom. The van der Waals surface area contributed by atoms with E-state index in [1.807, 2.05) is 0 Å². The van der Waals surface area contributed by atoms with Crippen molar-refractivity contribution in [1.82, 2.24) is 0 Å². The minimum atomic E-state index is 0.587. The van der Waals surface area contributed by atoms with Crippen molar-refractivity contribution in [2.45, 2.75) is 0 Å². The fraction of sp³-hybridized carbons (Fsp3) is 0. The molecule has 0 aromatic carbocycles. The van der Waals surface area contributed by atoms with Crippen LogP contribution in [0.3, 0.4) is 0 Å². The third-order valence-corrected chi connectivity index (χ3v) is 1.36. The average Bonchev–Trinajstić information content (AvgIpc) is 2.75. The second-order valence-electron chi connectivity index (χ2n) is 2.25. The van der Waals surface area contributed by atoms with Gasteiger partial charge in [0.15, 0.2) is 0 Å². The molecule has 0 aliphatic rings. The van der Waals surface area contributed by atoms with Gasteiger partial charge in [-0.3, -0.25) is 0 Å². The third-order valence-electron chi connectivity index (χ3n) is 1.36. The van der Waals surface area contributed by atoms with Crippen molar-refractivity contribution in [1.29, 1.82) is 0 Å². The predicted molar refractivity (Wildman–Crippen MR) is 44.4 cm³/mol. The Labute approximate surface area is 75.4 Å². The molecule has 2 heterocycles. The van der Waals surface area contributed by atoms with E-state index in [2.05, 4.69) is 0 Å². The summed E-state index contributed by atoms with van der Waals surface area (Å²) in [5.41, 5.74) is 0. The highest BCUT2D eigenvalue weighted by molar-refractivity contribution is 6.20. The van der Waals surface area contributed by atoms with E-state index in [9.17, 15) is 0 Å². The largest absolute Gasteiger partial charge is 0.658 e. The third kappa shape index (κ3) is 2.08. The van der Waals surface area contributed by atoms with E-state index >= 15 is 0 Å². The van der Waals surface area contributed by atoms with Crippen LogP contribution in [0, 0.1) is 0 Å². The van der Waals surface area contributed by atoms with Gasteiger partial charge in [0.2, 0.25) is 0 Å². The molecule has 0 bridgehead atoms. The zero-order valence-corrected chi connectivity index (χ0v) is 6.67. The highest BCUT2D eigenvalue weighted by atomic mass is 16.6. The summed E-state index contributed by atoms with van der Waals surface area (Å²) in [4.78, 5) is 0. The van der Waals surface area contributed by atoms with Crippen molar-refractivity contribution in [3.05, 3.63) is 37.2 Å². The van der Waals surface area contributed by atoms with Gasteiger partial charge in [-0.25, -0.2) is 0 Å². The molecule has 4 nitrogen and oxygen atoms in total. The summed E-state index contributed by atoms with van der Waals surface area (Å²) in [6.07, 6.45) is 5.96. The van der Waals surface area contributed by atoms with Gasteiger partial charge >= 0.3 is 7.69 Å². The Morgan fingerprint density at radius 2 is 1.46 bits per heavy atom. The molecule has 0 spiro atoms. The molecule has 0 aliphatic heterocycles. The maximum atomic E-state index is 5.04. The van der Waals surface area contributed by atoms with Gasteiger partial charge in [-0.05, 0) is 0 Å². The molecule has 2 rings (SSSR count). The van der Waals surface area contributed by atoms with Gasteiger partial charge in [-0.15, -0.1) is 0 Å². The molecule has 0 N–H and O–H groups in total. The highest BCUT2D eigenvalue weighted by Crippen LogP contribution is 2.11. The predicted octanol–water partition coefficient (Wildman–Crippen LogP) is 1.86. The minimum absolute atomic E-state index is 0.587. The first-order chi connectivity index (χ1) is 6.45. The molecule has 5 heteroatoms. The Morgan fingerprint density at radius 3 is 1.85 bits per heavy atom. The monoisotopic (exact) mass is 177 g/mol. The van der Waals surface area contributed by atoms with Crippen molar-refractivity contribution >= 4 is 7.69 Å². The minimum Gasteiger partial charge on any atom is -0.524 e. The lowest BCUT2D eigenvalue weighted by Crippen LogP contribution is -2.09. The summed E-state index contributed by atoms with van der Waals surface area (Å²) in [7, 11) is 1.20.